The molecule has 0 aliphatic heterocycles. The zero-order valence-electron chi connectivity index (χ0n) is 12.8. The van der Waals surface area contributed by atoms with Gasteiger partial charge in [-0.1, -0.05) is 51.9 Å². The first-order chi connectivity index (χ1) is 9.38. The molecule has 3 heteroatoms. The molecule has 110 valence electrons. The van der Waals surface area contributed by atoms with Crippen molar-refractivity contribution in [2.75, 3.05) is 6.54 Å². The molecule has 0 spiro atoms. The summed E-state index contributed by atoms with van der Waals surface area (Å²) in [5, 5.41) is 7.79. The minimum Gasteiger partial charge on any atom is -0.311 e. The van der Waals surface area contributed by atoms with Gasteiger partial charge in [-0.15, -0.1) is 0 Å². The van der Waals surface area contributed by atoms with Crippen molar-refractivity contribution in [3.8, 4) is 0 Å². The highest BCUT2D eigenvalue weighted by Crippen LogP contribution is 2.08. The van der Waals surface area contributed by atoms with E-state index in [9.17, 15) is 0 Å². The van der Waals surface area contributed by atoms with E-state index in [2.05, 4.69) is 35.0 Å². The summed E-state index contributed by atoms with van der Waals surface area (Å²) in [6, 6.07) is 2.10. The third kappa shape index (κ3) is 7.36. The first-order valence-corrected chi connectivity index (χ1v) is 8.09. The molecule has 0 radical (unpaired) electrons. The largest absolute Gasteiger partial charge is 0.311 e. The lowest BCUT2D eigenvalue weighted by atomic mass is 10.1. The second kappa shape index (κ2) is 11.0. The Morgan fingerprint density at radius 3 is 2.37 bits per heavy atom. The lowest BCUT2D eigenvalue weighted by molar-refractivity contribution is 0.540. The summed E-state index contributed by atoms with van der Waals surface area (Å²) in [6.45, 7) is 7.45. The molecule has 19 heavy (non-hydrogen) atoms. The van der Waals surface area contributed by atoms with Crippen LogP contribution in [0.15, 0.2) is 12.3 Å². The van der Waals surface area contributed by atoms with Gasteiger partial charge in [0.1, 0.15) is 0 Å². The summed E-state index contributed by atoms with van der Waals surface area (Å²) in [5.74, 6) is 0. The average molecular weight is 265 g/mol. The van der Waals surface area contributed by atoms with Crippen molar-refractivity contribution in [3.63, 3.8) is 0 Å². The summed E-state index contributed by atoms with van der Waals surface area (Å²) in [5.41, 5.74) is 1.29. The Morgan fingerprint density at radius 2 is 1.68 bits per heavy atom. The lowest BCUT2D eigenvalue weighted by Gasteiger charge is -2.06. The molecule has 0 aliphatic rings. The molecule has 1 N–H and O–H groups in total. The number of aromatic nitrogens is 2. The van der Waals surface area contributed by atoms with Crippen LogP contribution in [0.2, 0.25) is 0 Å². The Hall–Kier alpha value is -0.830. The monoisotopic (exact) mass is 265 g/mol. The average Bonchev–Trinajstić information content (AvgIpc) is 2.88. The van der Waals surface area contributed by atoms with Gasteiger partial charge in [-0.25, -0.2) is 0 Å². The maximum absolute atomic E-state index is 4.28. The maximum atomic E-state index is 4.28. The Balaban J connectivity index is 1.89. The number of aryl methyl sites for hydroxylation is 1. The standard InChI is InChI=1S/C16H31N3/c1-3-5-6-7-8-9-10-11-13-17-15-16-12-14-18-19(16)4-2/h12,14,17H,3-11,13,15H2,1-2H3. The molecule has 1 aromatic heterocycles. The van der Waals surface area contributed by atoms with E-state index >= 15 is 0 Å². The summed E-state index contributed by atoms with van der Waals surface area (Å²) in [4.78, 5) is 0. The highest BCUT2D eigenvalue weighted by atomic mass is 15.3. The van der Waals surface area contributed by atoms with Gasteiger partial charge in [-0.05, 0) is 26.0 Å². The molecule has 0 amide bonds. The number of rotatable bonds is 12. The molecule has 0 aliphatic carbocycles. The number of hydrogen-bond acceptors (Lipinski definition) is 2. The molecular formula is C16H31N3. The van der Waals surface area contributed by atoms with Crippen molar-refractivity contribution in [2.24, 2.45) is 0 Å². The normalized spacial score (nSPS) is 11.1. The highest BCUT2D eigenvalue weighted by Gasteiger charge is 1.99. The molecule has 0 aromatic carbocycles. The van der Waals surface area contributed by atoms with E-state index in [0.29, 0.717) is 0 Å². The lowest BCUT2D eigenvalue weighted by Crippen LogP contribution is -2.17. The summed E-state index contributed by atoms with van der Waals surface area (Å²) in [6.07, 6.45) is 13.0. The van der Waals surface area contributed by atoms with Crippen LogP contribution in [0.1, 0.15) is 70.9 Å². The van der Waals surface area contributed by atoms with E-state index in [0.717, 1.165) is 19.6 Å². The van der Waals surface area contributed by atoms with Crippen molar-refractivity contribution in [3.05, 3.63) is 18.0 Å². The molecule has 1 aromatic rings. The summed E-state index contributed by atoms with van der Waals surface area (Å²) in [7, 11) is 0. The van der Waals surface area contributed by atoms with Gasteiger partial charge in [0.2, 0.25) is 0 Å². The van der Waals surface area contributed by atoms with Crippen LogP contribution in [0.25, 0.3) is 0 Å². The van der Waals surface area contributed by atoms with Crippen LogP contribution >= 0.6 is 0 Å². The van der Waals surface area contributed by atoms with Crippen LogP contribution in [0.4, 0.5) is 0 Å². The van der Waals surface area contributed by atoms with Crippen molar-refractivity contribution in [2.45, 2.75) is 78.3 Å². The van der Waals surface area contributed by atoms with Gasteiger partial charge in [-0.2, -0.15) is 5.10 Å². The van der Waals surface area contributed by atoms with Gasteiger partial charge < -0.3 is 5.32 Å². The van der Waals surface area contributed by atoms with E-state index in [4.69, 9.17) is 0 Å². The second-order valence-corrected chi connectivity index (χ2v) is 5.29. The maximum Gasteiger partial charge on any atom is 0.0521 e. The van der Waals surface area contributed by atoms with Crippen molar-refractivity contribution in [1.82, 2.24) is 15.1 Å². The van der Waals surface area contributed by atoms with Gasteiger partial charge in [0, 0.05) is 19.3 Å². The second-order valence-electron chi connectivity index (χ2n) is 5.29. The predicted octanol–water partition coefficient (Wildman–Crippen LogP) is 4.13. The van der Waals surface area contributed by atoms with Crippen LogP contribution in [-0.2, 0) is 13.1 Å². The molecule has 0 saturated carbocycles. The van der Waals surface area contributed by atoms with Gasteiger partial charge >= 0.3 is 0 Å². The summed E-state index contributed by atoms with van der Waals surface area (Å²) >= 11 is 0. The van der Waals surface area contributed by atoms with Crippen molar-refractivity contribution >= 4 is 0 Å². The molecule has 1 rings (SSSR count). The SMILES string of the molecule is CCCCCCCCCCNCc1ccnn1CC. The molecule has 0 bridgehead atoms. The molecular weight excluding hydrogens is 234 g/mol. The van der Waals surface area contributed by atoms with E-state index in [1.54, 1.807) is 0 Å². The van der Waals surface area contributed by atoms with Crippen molar-refractivity contribution < 1.29 is 0 Å². The Labute approximate surface area is 118 Å². The van der Waals surface area contributed by atoms with Crippen LogP contribution in [-0.4, -0.2) is 16.3 Å². The first kappa shape index (κ1) is 16.2. The molecule has 1 heterocycles. The third-order valence-corrected chi connectivity index (χ3v) is 3.62. The Morgan fingerprint density at radius 1 is 1.00 bits per heavy atom. The predicted molar refractivity (Wildman–Crippen MR) is 82.2 cm³/mol. The minimum atomic E-state index is 0.949. The molecule has 0 unspecified atom stereocenters. The highest BCUT2D eigenvalue weighted by molar-refractivity contribution is 4.99. The number of unbranched alkanes of at least 4 members (excludes halogenated alkanes) is 7. The van der Waals surface area contributed by atoms with E-state index in [-0.39, 0.29) is 0 Å². The molecule has 0 fully saturated rings. The fourth-order valence-corrected chi connectivity index (χ4v) is 2.40. The van der Waals surface area contributed by atoms with Crippen LogP contribution < -0.4 is 5.32 Å². The summed E-state index contributed by atoms with van der Waals surface area (Å²) < 4.78 is 2.06. The van der Waals surface area contributed by atoms with E-state index in [1.807, 2.05) is 6.20 Å². The fraction of sp³-hybridized carbons (Fsp3) is 0.812. The molecule has 0 saturated heterocycles. The number of hydrogen-bond donors (Lipinski definition) is 1. The topological polar surface area (TPSA) is 29.9 Å². The zero-order chi connectivity index (χ0) is 13.8. The van der Waals surface area contributed by atoms with Gasteiger partial charge in [0.15, 0.2) is 0 Å². The van der Waals surface area contributed by atoms with Crippen molar-refractivity contribution in [1.29, 1.82) is 0 Å². The Kier molecular flexibility index (Phi) is 9.42. The van der Waals surface area contributed by atoms with E-state index < -0.39 is 0 Å². The first-order valence-electron chi connectivity index (χ1n) is 8.09. The number of nitrogens with one attached hydrogen (secondary N) is 1. The van der Waals surface area contributed by atoms with Gasteiger partial charge in [0.25, 0.3) is 0 Å². The third-order valence-electron chi connectivity index (χ3n) is 3.62. The Bertz CT molecular complexity index is 307. The van der Waals surface area contributed by atoms with Crippen LogP contribution in [0, 0.1) is 0 Å². The zero-order valence-corrected chi connectivity index (χ0v) is 12.8. The molecule has 3 nitrogen and oxygen atoms in total. The van der Waals surface area contributed by atoms with Crippen LogP contribution in [0.5, 0.6) is 0 Å². The fourth-order valence-electron chi connectivity index (χ4n) is 2.40. The van der Waals surface area contributed by atoms with Gasteiger partial charge in [-0.3, -0.25) is 4.68 Å². The number of nitrogens with zero attached hydrogens (tertiary/aromatic N) is 2. The van der Waals surface area contributed by atoms with Crippen LogP contribution in [0.3, 0.4) is 0 Å². The van der Waals surface area contributed by atoms with Gasteiger partial charge in [0.05, 0.1) is 5.69 Å². The smallest absolute Gasteiger partial charge is 0.0521 e. The van der Waals surface area contributed by atoms with E-state index in [1.165, 1.54) is 57.1 Å². The quantitative estimate of drug-likeness (QED) is 0.576. The minimum absolute atomic E-state index is 0.949. The molecule has 0 atom stereocenters.